The first kappa shape index (κ1) is 17.8. The molecule has 16 heavy (non-hydrogen) atoms. The van der Waals surface area contributed by atoms with Crippen LogP contribution < -0.4 is 0 Å². The van der Waals surface area contributed by atoms with Crippen LogP contribution in [0.4, 0.5) is 35.1 Å². The maximum atomic E-state index is 11.5. The molecule has 0 aliphatic rings. The van der Waals surface area contributed by atoms with Gasteiger partial charge in [0.2, 0.25) is 12.9 Å². The Morgan fingerprint density at radius 1 is 0.875 bits per heavy atom. The lowest BCUT2D eigenvalue weighted by molar-refractivity contribution is -0.0808. The Morgan fingerprint density at radius 2 is 1.19 bits per heavy atom. The van der Waals surface area contributed by atoms with Gasteiger partial charge in [-0.3, -0.25) is 0 Å². The lowest BCUT2D eigenvalue weighted by Crippen LogP contribution is -2.29. The summed E-state index contributed by atoms with van der Waals surface area (Å²) in [6.45, 7) is -1.30. The van der Waals surface area contributed by atoms with Crippen molar-refractivity contribution in [3.63, 3.8) is 0 Å². The molecule has 0 aromatic rings. The largest absolute Gasteiger partial charge is 0.306 e. The second-order valence-electron chi connectivity index (χ2n) is 2.87. The predicted octanol–water partition coefficient (Wildman–Crippen LogP) is 4.25. The molecule has 0 spiro atoms. The fourth-order valence-corrected chi connectivity index (χ4v) is 0.358. The fourth-order valence-electron chi connectivity index (χ4n) is 0.358. The minimum atomic E-state index is -3.79. The summed E-state index contributed by atoms with van der Waals surface area (Å²) in [7, 11) is 0. The van der Waals surface area contributed by atoms with Crippen LogP contribution in [0.25, 0.3) is 0 Å². The molecular weight excluding hydrogens is 248 g/mol. The zero-order chi connectivity index (χ0) is 13.4. The highest BCUT2D eigenvalue weighted by Crippen LogP contribution is 2.20. The SMILES string of the molecule is CC(F)C(F)(F)CF.FC(F)CCC(F)F. The molecule has 0 aromatic carbocycles. The van der Waals surface area contributed by atoms with E-state index in [-0.39, 0.29) is 0 Å². The second kappa shape index (κ2) is 8.58. The topological polar surface area (TPSA) is 0 Å². The summed E-state index contributed by atoms with van der Waals surface area (Å²) in [5.74, 6) is -3.79. The molecule has 0 aliphatic carbocycles. The first-order valence-electron chi connectivity index (χ1n) is 4.27. The minimum Gasteiger partial charge on any atom is -0.244 e. The van der Waals surface area contributed by atoms with E-state index in [2.05, 4.69) is 0 Å². The number of hydrogen-bond acceptors (Lipinski definition) is 0. The van der Waals surface area contributed by atoms with Gasteiger partial charge in [0.05, 0.1) is 0 Å². The highest BCUT2D eigenvalue weighted by molar-refractivity contribution is 4.70. The molecule has 0 aromatic heterocycles. The molecule has 0 aliphatic heterocycles. The van der Waals surface area contributed by atoms with Gasteiger partial charge >= 0.3 is 5.92 Å². The molecule has 0 saturated carbocycles. The van der Waals surface area contributed by atoms with Crippen LogP contribution in [0, 0.1) is 0 Å². The fraction of sp³-hybridized carbons (Fsp3) is 1.00. The van der Waals surface area contributed by atoms with E-state index >= 15 is 0 Å². The van der Waals surface area contributed by atoms with Gasteiger partial charge in [0.1, 0.15) is 0 Å². The Hall–Kier alpha value is -0.560. The summed E-state index contributed by atoms with van der Waals surface area (Å²) in [5, 5.41) is 0. The monoisotopic (exact) mass is 260 g/mol. The first-order valence-corrected chi connectivity index (χ1v) is 4.27. The molecule has 8 heteroatoms. The molecule has 100 valence electrons. The van der Waals surface area contributed by atoms with Gasteiger partial charge in [-0.2, -0.15) is 0 Å². The van der Waals surface area contributed by atoms with Crippen LogP contribution in [0.15, 0.2) is 0 Å². The van der Waals surface area contributed by atoms with Gasteiger partial charge < -0.3 is 0 Å². The van der Waals surface area contributed by atoms with Gasteiger partial charge in [-0.25, -0.2) is 35.1 Å². The Labute approximate surface area is 87.6 Å². The number of halogens is 8. The van der Waals surface area contributed by atoms with E-state index in [4.69, 9.17) is 0 Å². The van der Waals surface area contributed by atoms with Crippen LogP contribution in [-0.2, 0) is 0 Å². The molecule has 0 rings (SSSR count). The third kappa shape index (κ3) is 11.5. The molecule has 0 nitrogen and oxygen atoms in total. The number of hydrogen-bond donors (Lipinski definition) is 0. The Kier molecular flexibility index (Phi) is 9.55. The minimum absolute atomic E-state index is 0.625. The van der Waals surface area contributed by atoms with Gasteiger partial charge in [0.25, 0.3) is 0 Å². The third-order valence-corrected chi connectivity index (χ3v) is 1.36. The molecule has 0 heterocycles. The van der Waals surface area contributed by atoms with E-state index < -0.39 is 44.5 Å². The maximum Gasteiger partial charge on any atom is 0.306 e. The van der Waals surface area contributed by atoms with Crippen LogP contribution in [0.2, 0.25) is 0 Å². The van der Waals surface area contributed by atoms with Crippen molar-refractivity contribution in [3.8, 4) is 0 Å². The molecule has 1 unspecified atom stereocenters. The van der Waals surface area contributed by atoms with Gasteiger partial charge in [-0.1, -0.05) is 0 Å². The molecule has 0 saturated heterocycles. The molecular formula is C8H12F8. The molecule has 0 N–H and O–H groups in total. The number of rotatable bonds is 5. The van der Waals surface area contributed by atoms with Crippen molar-refractivity contribution in [2.75, 3.05) is 6.67 Å². The number of alkyl halides is 8. The molecule has 0 bridgehead atoms. The molecule has 0 radical (unpaired) electrons. The van der Waals surface area contributed by atoms with Crippen molar-refractivity contribution >= 4 is 0 Å². The summed E-state index contributed by atoms with van der Waals surface area (Å²) in [4.78, 5) is 0. The quantitative estimate of drug-likeness (QED) is 0.648. The summed E-state index contributed by atoms with van der Waals surface area (Å²) in [6.07, 6.45) is -8.98. The summed E-state index contributed by atoms with van der Waals surface area (Å²) >= 11 is 0. The van der Waals surface area contributed by atoms with E-state index in [1.165, 1.54) is 0 Å². The third-order valence-electron chi connectivity index (χ3n) is 1.36. The highest BCUT2D eigenvalue weighted by atomic mass is 19.3. The molecule has 1 atom stereocenters. The lowest BCUT2D eigenvalue weighted by atomic mass is 10.3. The van der Waals surface area contributed by atoms with E-state index in [1.807, 2.05) is 0 Å². The molecule has 0 amide bonds. The summed E-state index contributed by atoms with van der Waals surface area (Å²) < 4.78 is 89.8. The smallest absolute Gasteiger partial charge is 0.244 e. The highest BCUT2D eigenvalue weighted by Gasteiger charge is 2.36. The van der Waals surface area contributed by atoms with Crippen LogP contribution in [0.5, 0.6) is 0 Å². The maximum absolute atomic E-state index is 11.5. The van der Waals surface area contributed by atoms with Crippen LogP contribution in [0.3, 0.4) is 0 Å². The Balaban J connectivity index is 0. The summed E-state index contributed by atoms with van der Waals surface area (Å²) in [6, 6.07) is 0. The van der Waals surface area contributed by atoms with Crippen molar-refractivity contribution in [1.29, 1.82) is 0 Å². The second-order valence-corrected chi connectivity index (χ2v) is 2.87. The lowest BCUT2D eigenvalue weighted by Gasteiger charge is -2.11. The van der Waals surface area contributed by atoms with Gasteiger partial charge in [-0.15, -0.1) is 0 Å². The van der Waals surface area contributed by atoms with Crippen molar-refractivity contribution in [2.24, 2.45) is 0 Å². The van der Waals surface area contributed by atoms with E-state index in [0.29, 0.717) is 6.92 Å². The van der Waals surface area contributed by atoms with Crippen LogP contribution in [0.1, 0.15) is 19.8 Å². The summed E-state index contributed by atoms with van der Waals surface area (Å²) in [5.41, 5.74) is 0. The van der Waals surface area contributed by atoms with Crippen molar-refractivity contribution in [1.82, 2.24) is 0 Å². The van der Waals surface area contributed by atoms with E-state index in [1.54, 1.807) is 0 Å². The van der Waals surface area contributed by atoms with Gasteiger partial charge in [0, 0.05) is 12.8 Å². The molecule has 0 fully saturated rings. The first-order chi connectivity index (χ1) is 7.13. The van der Waals surface area contributed by atoms with Crippen LogP contribution >= 0.6 is 0 Å². The predicted molar refractivity (Wildman–Crippen MR) is 42.7 cm³/mol. The zero-order valence-corrected chi connectivity index (χ0v) is 8.38. The standard InChI is InChI=1S/2C4H6F4/c1-3(6)4(7,8)2-5;5-3(6)1-2-4(7)8/h3H,2H2,1H3;3-4H,1-2H2. The van der Waals surface area contributed by atoms with E-state index in [9.17, 15) is 35.1 Å². The van der Waals surface area contributed by atoms with Crippen LogP contribution in [-0.4, -0.2) is 31.6 Å². The van der Waals surface area contributed by atoms with Crippen molar-refractivity contribution in [3.05, 3.63) is 0 Å². The Bertz CT molecular complexity index is 148. The average Bonchev–Trinajstić information content (AvgIpc) is 2.15. The zero-order valence-electron chi connectivity index (χ0n) is 8.38. The van der Waals surface area contributed by atoms with Crippen molar-refractivity contribution in [2.45, 2.75) is 44.7 Å². The van der Waals surface area contributed by atoms with Gasteiger partial charge in [-0.05, 0) is 6.92 Å². The van der Waals surface area contributed by atoms with E-state index in [0.717, 1.165) is 0 Å². The normalized spacial score (nSPS) is 13.7. The Morgan fingerprint density at radius 3 is 1.25 bits per heavy atom. The van der Waals surface area contributed by atoms with Crippen molar-refractivity contribution < 1.29 is 35.1 Å². The average molecular weight is 260 g/mol. The van der Waals surface area contributed by atoms with Gasteiger partial charge in [0.15, 0.2) is 12.8 Å².